The molecule has 0 aliphatic carbocycles. The van der Waals surface area contributed by atoms with Crippen molar-refractivity contribution >= 4 is 5.82 Å². The Hall–Kier alpha value is -1.97. The molecule has 102 valence electrons. The highest BCUT2D eigenvalue weighted by molar-refractivity contribution is 5.76. The molecule has 0 aliphatic heterocycles. The van der Waals surface area contributed by atoms with Crippen LogP contribution in [-0.4, -0.2) is 16.7 Å². The summed E-state index contributed by atoms with van der Waals surface area (Å²) in [6.07, 6.45) is 0. The van der Waals surface area contributed by atoms with Gasteiger partial charge in [-0.15, -0.1) is 0 Å². The van der Waals surface area contributed by atoms with E-state index >= 15 is 0 Å². The number of nitrogen functional groups attached to an aromatic ring is 1. The van der Waals surface area contributed by atoms with Crippen molar-refractivity contribution in [1.82, 2.24) is 9.55 Å². The van der Waals surface area contributed by atoms with Crippen molar-refractivity contribution in [2.75, 3.05) is 12.8 Å². The second-order valence-electron chi connectivity index (χ2n) is 5.10. The summed E-state index contributed by atoms with van der Waals surface area (Å²) < 4.78 is 7.44. The van der Waals surface area contributed by atoms with E-state index in [1.165, 1.54) is 0 Å². The zero-order chi connectivity index (χ0) is 14.0. The average molecular weight is 259 g/mol. The predicted octanol–water partition coefficient (Wildman–Crippen LogP) is 3.11. The molecule has 1 heterocycles. The van der Waals surface area contributed by atoms with Crippen molar-refractivity contribution in [3.8, 4) is 17.0 Å². The molecule has 4 heteroatoms. The molecule has 0 atom stereocenters. The molecule has 1 aromatic heterocycles. The number of imidazole rings is 1. The van der Waals surface area contributed by atoms with Gasteiger partial charge in [0.1, 0.15) is 23.1 Å². The van der Waals surface area contributed by atoms with Gasteiger partial charge in [0.15, 0.2) is 0 Å². The molecule has 0 saturated heterocycles. The third-order valence-electron chi connectivity index (χ3n) is 3.11. The van der Waals surface area contributed by atoms with E-state index < -0.39 is 0 Å². The molecule has 0 spiro atoms. The first-order valence-corrected chi connectivity index (χ1v) is 6.50. The summed E-state index contributed by atoms with van der Waals surface area (Å²) in [6.45, 7) is 7.20. The van der Waals surface area contributed by atoms with Gasteiger partial charge in [0.2, 0.25) is 0 Å². The Kier molecular flexibility index (Phi) is 3.79. The molecule has 2 aromatic rings. The molecule has 4 nitrogen and oxygen atoms in total. The lowest BCUT2D eigenvalue weighted by molar-refractivity contribution is 0.416. The van der Waals surface area contributed by atoms with Crippen molar-refractivity contribution in [3.63, 3.8) is 0 Å². The molecule has 0 radical (unpaired) electrons. The molecule has 0 bridgehead atoms. The summed E-state index contributed by atoms with van der Waals surface area (Å²) in [4.78, 5) is 4.60. The van der Waals surface area contributed by atoms with Gasteiger partial charge in [0.05, 0.1) is 7.11 Å². The largest absolute Gasteiger partial charge is 0.496 e. The van der Waals surface area contributed by atoms with Crippen LogP contribution in [0.15, 0.2) is 24.3 Å². The number of nitrogens with two attached hydrogens (primary N) is 1. The summed E-state index contributed by atoms with van der Waals surface area (Å²) in [5, 5.41) is 0. The molecule has 0 aliphatic rings. The Bertz CT molecular complexity index is 573. The van der Waals surface area contributed by atoms with E-state index in [9.17, 15) is 0 Å². The molecular weight excluding hydrogens is 238 g/mol. The van der Waals surface area contributed by atoms with Gasteiger partial charge in [-0.2, -0.15) is 0 Å². The van der Waals surface area contributed by atoms with E-state index in [-0.39, 0.29) is 0 Å². The third-order valence-corrected chi connectivity index (χ3v) is 3.11. The maximum Gasteiger partial charge on any atom is 0.131 e. The molecule has 0 saturated carbocycles. The second-order valence-corrected chi connectivity index (χ2v) is 5.10. The van der Waals surface area contributed by atoms with Gasteiger partial charge in [-0.25, -0.2) is 4.98 Å². The predicted molar refractivity (Wildman–Crippen MR) is 78.2 cm³/mol. The highest BCUT2D eigenvalue weighted by Gasteiger charge is 2.17. The molecule has 1 aromatic carbocycles. The van der Waals surface area contributed by atoms with Gasteiger partial charge < -0.3 is 15.0 Å². The highest BCUT2D eigenvalue weighted by Crippen LogP contribution is 2.33. The van der Waals surface area contributed by atoms with Crippen LogP contribution >= 0.6 is 0 Å². The molecule has 0 unspecified atom stereocenters. The Morgan fingerprint density at radius 1 is 1.32 bits per heavy atom. The fourth-order valence-corrected chi connectivity index (χ4v) is 2.22. The number of hydrogen-bond donors (Lipinski definition) is 1. The van der Waals surface area contributed by atoms with E-state index in [4.69, 9.17) is 10.5 Å². The lowest BCUT2D eigenvalue weighted by Crippen LogP contribution is -2.09. The van der Waals surface area contributed by atoms with Crippen molar-refractivity contribution in [2.24, 2.45) is 5.92 Å². The first kappa shape index (κ1) is 13.5. The van der Waals surface area contributed by atoms with Crippen LogP contribution in [0.3, 0.4) is 0 Å². The molecule has 2 N–H and O–H groups in total. The second kappa shape index (κ2) is 5.34. The van der Waals surface area contributed by atoms with Gasteiger partial charge in [0.25, 0.3) is 0 Å². The Labute approximate surface area is 114 Å². The number of para-hydroxylation sites is 1. The topological polar surface area (TPSA) is 53.1 Å². The Morgan fingerprint density at radius 3 is 2.63 bits per heavy atom. The van der Waals surface area contributed by atoms with E-state index in [0.717, 1.165) is 29.4 Å². The number of benzene rings is 1. The van der Waals surface area contributed by atoms with Crippen LogP contribution in [0, 0.1) is 12.8 Å². The Balaban J connectivity index is 2.52. The van der Waals surface area contributed by atoms with Gasteiger partial charge in [0, 0.05) is 12.1 Å². The van der Waals surface area contributed by atoms with Crippen LogP contribution < -0.4 is 10.5 Å². The van der Waals surface area contributed by atoms with Crippen molar-refractivity contribution in [3.05, 3.63) is 30.1 Å². The van der Waals surface area contributed by atoms with Crippen molar-refractivity contribution in [2.45, 2.75) is 27.3 Å². The van der Waals surface area contributed by atoms with Crippen LogP contribution in [0.2, 0.25) is 0 Å². The van der Waals surface area contributed by atoms with Crippen molar-refractivity contribution < 1.29 is 4.74 Å². The fraction of sp³-hybridized carbons (Fsp3) is 0.400. The first-order valence-electron chi connectivity index (χ1n) is 6.50. The number of aryl methyl sites for hydroxylation is 1. The summed E-state index contributed by atoms with van der Waals surface area (Å²) >= 11 is 0. The smallest absolute Gasteiger partial charge is 0.131 e. The van der Waals surface area contributed by atoms with Crippen LogP contribution in [0.5, 0.6) is 5.75 Å². The third kappa shape index (κ3) is 2.57. The lowest BCUT2D eigenvalue weighted by atomic mass is 10.1. The first-order chi connectivity index (χ1) is 9.04. The average Bonchev–Trinajstić information content (AvgIpc) is 2.66. The van der Waals surface area contributed by atoms with E-state index in [1.54, 1.807) is 7.11 Å². The maximum atomic E-state index is 6.25. The van der Waals surface area contributed by atoms with Crippen LogP contribution in [-0.2, 0) is 6.54 Å². The lowest BCUT2D eigenvalue weighted by Gasteiger charge is -2.11. The van der Waals surface area contributed by atoms with Crippen LogP contribution in [0.25, 0.3) is 11.3 Å². The standard InChI is InChI=1S/C15H21N3O/c1-10(2)9-18-11(3)17-14(15(18)16)12-7-5-6-8-13(12)19-4/h5-8,10H,9,16H2,1-4H3. The number of aromatic nitrogens is 2. The Morgan fingerprint density at radius 2 is 2.00 bits per heavy atom. The van der Waals surface area contributed by atoms with Gasteiger partial charge >= 0.3 is 0 Å². The number of ether oxygens (including phenoxy) is 1. The zero-order valence-corrected chi connectivity index (χ0v) is 12.0. The fourth-order valence-electron chi connectivity index (χ4n) is 2.22. The summed E-state index contributed by atoms with van der Waals surface area (Å²) in [5.74, 6) is 2.96. The highest BCUT2D eigenvalue weighted by atomic mass is 16.5. The molecule has 2 rings (SSSR count). The van der Waals surface area contributed by atoms with Crippen molar-refractivity contribution in [1.29, 1.82) is 0 Å². The summed E-state index contributed by atoms with van der Waals surface area (Å²) in [5.41, 5.74) is 7.99. The summed E-state index contributed by atoms with van der Waals surface area (Å²) in [7, 11) is 1.66. The number of hydrogen-bond acceptors (Lipinski definition) is 3. The number of nitrogens with zero attached hydrogens (tertiary/aromatic N) is 2. The van der Waals surface area contributed by atoms with Crippen LogP contribution in [0.1, 0.15) is 19.7 Å². The van der Waals surface area contributed by atoms with Gasteiger partial charge in [-0.05, 0) is 25.0 Å². The molecule has 0 fully saturated rings. The van der Waals surface area contributed by atoms with E-state index in [0.29, 0.717) is 11.7 Å². The molecular formula is C15H21N3O. The van der Waals surface area contributed by atoms with Crippen LogP contribution in [0.4, 0.5) is 5.82 Å². The van der Waals surface area contributed by atoms with Gasteiger partial charge in [-0.3, -0.25) is 0 Å². The SMILES string of the molecule is COc1ccccc1-c1nc(C)n(CC(C)C)c1N. The minimum atomic E-state index is 0.528. The number of rotatable bonds is 4. The quantitative estimate of drug-likeness (QED) is 0.918. The minimum absolute atomic E-state index is 0.528. The number of methoxy groups -OCH3 is 1. The normalized spacial score (nSPS) is 11.0. The summed E-state index contributed by atoms with van der Waals surface area (Å²) in [6, 6.07) is 7.81. The van der Waals surface area contributed by atoms with E-state index in [1.807, 2.05) is 31.2 Å². The molecule has 0 amide bonds. The number of anilines is 1. The molecule has 19 heavy (non-hydrogen) atoms. The monoisotopic (exact) mass is 259 g/mol. The maximum absolute atomic E-state index is 6.25. The zero-order valence-electron chi connectivity index (χ0n) is 12.0. The van der Waals surface area contributed by atoms with E-state index in [2.05, 4.69) is 23.4 Å². The van der Waals surface area contributed by atoms with Gasteiger partial charge in [-0.1, -0.05) is 26.0 Å². The minimum Gasteiger partial charge on any atom is -0.496 e.